The summed E-state index contributed by atoms with van der Waals surface area (Å²) < 4.78 is 5.44. The highest BCUT2D eigenvalue weighted by molar-refractivity contribution is 6.55. The SMILES string of the molecule is CCCCOCCC[Si](C)C. The molecule has 0 aliphatic carbocycles. The summed E-state index contributed by atoms with van der Waals surface area (Å²) in [5.41, 5.74) is 0. The third-order valence-corrected chi connectivity index (χ3v) is 2.96. The maximum Gasteiger partial charge on any atom is 0.0465 e. The molecule has 11 heavy (non-hydrogen) atoms. The highest BCUT2D eigenvalue weighted by Crippen LogP contribution is 1.97. The van der Waals surface area contributed by atoms with Crippen molar-refractivity contribution in [2.24, 2.45) is 0 Å². The number of hydrogen-bond donors (Lipinski definition) is 0. The zero-order chi connectivity index (χ0) is 8.53. The molecule has 0 aromatic heterocycles. The van der Waals surface area contributed by atoms with E-state index in [2.05, 4.69) is 20.0 Å². The van der Waals surface area contributed by atoms with Crippen LogP contribution in [0.2, 0.25) is 19.1 Å². The van der Waals surface area contributed by atoms with E-state index in [-0.39, 0.29) is 8.80 Å². The van der Waals surface area contributed by atoms with Gasteiger partial charge in [0.1, 0.15) is 0 Å². The minimum absolute atomic E-state index is 0.00715. The third-order valence-electron chi connectivity index (χ3n) is 1.61. The number of ether oxygens (including phenoxy) is 1. The summed E-state index contributed by atoms with van der Waals surface area (Å²) in [7, 11) is -0.00715. The first-order valence-electron chi connectivity index (χ1n) is 4.64. The van der Waals surface area contributed by atoms with E-state index in [9.17, 15) is 0 Å². The molecule has 0 heterocycles. The Labute approximate surface area is 72.7 Å². The molecule has 0 aromatic rings. The van der Waals surface area contributed by atoms with Crippen LogP contribution in [-0.4, -0.2) is 22.0 Å². The normalized spacial score (nSPS) is 10.9. The quantitative estimate of drug-likeness (QED) is 0.425. The first kappa shape index (κ1) is 11.2. The van der Waals surface area contributed by atoms with E-state index in [0.29, 0.717) is 0 Å². The summed E-state index contributed by atoms with van der Waals surface area (Å²) in [4.78, 5) is 0. The Kier molecular flexibility index (Phi) is 8.41. The smallest absolute Gasteiger partial charge is 0.0465 e. The second kappa shape index (κ2) is 8.28. The minimum Gasteiger partial charge on any atom is -0.381 e. The maximum absolute atomic E-state index is 5.44. The summed E-state index contributed by atoms with van der Waals surface area (Å²) >= 11 is 0. The van der Waals surface area contributed by atoms with E-state index in [1.54, 1.807) is 0 Å². The lowest BCUT2D eigenvalue weighted by molar-refractivity contribution is 0.132. The Hall–Kier alpha value is 0.177. The molecule has 2 heteroatoms. The molecular formula is C9H21OSi. The fourth-order valence-corrected chi connectivity index (χ4v) is 1.73. The zero-order valence-corrected chi connectivity index (χ0v) is 9.15. The number of unbranched alkanes of at least 4 members (excludes halogenated alkanes) is 1. The Morgan fingerprint density at radius 3 is 2.27 bits per heavy atom. The summed E-state index contributed by atoms with van der Waals surface area (Å²) in [6.07, 6.45) is 3.73. The summed E-state index contributed by atoms with van der Waals surface area (Å²) in [6.45, 7) is 8.86. The Morgan fingerprint density at radius 2 is 1.73 bits per heavy atom. The van der Waals surface area contributed by atoms with E-state index in [4.69, 9.17) is 4.74 Å². The monoisotopic (exact) mass is 173 g/mol. The van der Waals surface area contributed by atoms with Crippen molar-refractivity contribution in [3.63, 3.8) is 0 Å². The molecular weight excluding hydrogens is 152 g/mol. The lowest BCUT2D eigenvalue weighted by Crippen LogP contribution is -2.03. The van der Waals surface area contributed by atoms with Crippen LogP contribution in [-0.2, 0) is 4.74 Å². The molecule has 0 atom stereocenters. The van der Waals surface area contributed by atoms with E-state index in [0.717, 1.165) is 13.2 Å². The molecule has 0 aromatic carbocycles. The van der Waals surface area contributed by atoms with Gasteiger partial charge < -0.3 is 4.74 Å². The van der Waals surface area contributed by atoms with Gasteiger partial charge in [-0.05, 0) is 12.8 Å². The molecule has 0 saturated heterocycles. The lowest BCUT2D eigenvalue weighted by Gasteiger charge is -2.03. The average molecular weight is 173 g/mol. The van der Waals surface area contributed by atoms with Gasteiger partial charge in [-0.15, -0.1) is 0 Å². The summed E-state index contributed by atoms with van der Waals surface area (Å²) in [5.74, 6) is 0. The van der Waals surface area contributed by atoms with Crippen LogP contribution in [0.1, 0.15) is 26.2 Å². The van der Waals surface area contributed by atoms with Gasteiger partial charge >= 0.3 is 0 Å². The van der Waals surface area contributed by atoms with Gasteiger partial charge in [-0.2, -0.15) is 0 Å². The third kappa shape index (κ3) is 10.2. The van der Waals surface area contributed by atoms with Crippen molar-refractivity contribution in [3.8, 4) is 0 Å². The molecule has 0 unspecified atom stereocenters. The number of hydrogen-bond acceptors (Lipinski definition) is 1. The highest BCUT2D eigenvalue weighted by atomic mass is 28.3. The van der Waals surface area contributed by atoms with E-state index in [1.807, 2.05) is 0 Å². The Balaban J connectivity index is 2.80. The topological polar surface area (TPSA) is 9.23 Å². The highest BCUT2D eigenvalue weighted by Gasteiger charge is 1.94. The van der Waals surface area contributed by atoms with E-state index in [1.165, 1.54) is 25.3 Å². The van der Waals surface area contributed by atoms with E-state index >= 15 is 0 Å². The second-order valence-corrected chi connectivity index (χ2v) is 6.19. The molecule has 0 aliphatic heterocycles. The van der Waals surface area contributed by atoms with Crippen LogP contribution in [0.5, 0.6) is 0 Å². The maximum atomic E-state index is 5.44. The first-order chi connectivity index (χ1) is 5.27. The predicted molar refractivity (Wildman–Crippen MR) is 52.6 cm³/mol. The molecule has 0 saturated carbocycles. The molecule has 0 N–H and O–H groups in total. The van der Waals surface area contributed by atoms with Gasteiger partial charge in [0.15, 0.2) is 0 Å². The van der Waals surface area contributed by atoms with Crippen LogP contribution < -0.4 is 0 Å². The van der Waals surface area contributed by atoms with Crippen molar-refractivity contribution < 1.29 is 4.74 Å². The van der Waals surface area contributed by atoms with Gasteiger partial charge in [-0.1, -0.05) is 32.5 Å². The molecule has 67 valence electrons. The van der Waals surface area contributed by atoms with Crippen LogP contribution >= 0.6 is 0 Å². The van der Waals surface area contributed by atoms with Crippen molar-refractivity contribution in [3.05, 3.63) is 0 Å². The molecule has 0 aliphatic rings. The van der Waals surface area contributed by atoms with Crippen molar-refractivity contribution in [2.75, 3.05) is 13.2 Å². The largest absolute Gasteiger partial charge is 0.381 e. The van der Waals surface area contributed by atoms with Gasteiger partial charge in [-0.25, -0.2) is 0 Å². The molecule has 0 rings (SSSR count). The van der Waals surface area contributed by atoms with Gasteiger partial charge in [0, 0.05) is 22.0 Å². The van der Waals surface area contributed by atoms with Crippen LogP contribution in [0.25, 0.3) is 0 Å². The van der Waals surface area contributed by atoms with E-state index < -0.39 is 0 Å². The molecule has 0 amide bonds. The van der Waals surface area contributed by atoms with Gasteiger partial charge in [0.25, 0.3) is 0 Å². The molecule has 0 spiro atoms. The lowest BCUT2D eigenvalue weighted by atomic mass is 10.4. The van der Waals surface area contributed by atoms with Crippen molar-refractivity contribution in [2.45, 2.75) is 45.3 Å². The number of rotatable bonds is 7. The summed E-state index contributed by atoms with van der Waals surface area (Å²) in [5, 5.41) is 0. The van der Waals surface area contributed by atoms with Gasteiger partial charge in [0.05, 0.1) is 0 Å². The molecule has 1 radical (unpaired) electrons. The van der Waals surface area contributed by atoms with Crippen LogP contribution in [0.3, 0.4) is 0 Å². The minimum atomic E-state index is -0.00715. The fraction of sp³-hybridized carbons (Fsp3) is 1.00. The van der Waals surface area contributed by atoms with Crippen LogP contribution in [0, 0.1) is 0 Å². The van der Waals surface area contributed by atoms with Crippen molar-refractivity contribution >= 4 is 8.80 Å². The van der Waals surface area contributed by atoms with Crippen molar-refractivity contribution in [1.29, 1.82) is 0 Å². The molecule has 0 fully saturated rings. The summed E-state index contributed by atoms with van der Waals surface area (Å²) in [6, 6.07) is 1.40. The van der Waals surface area contributed by atoms with Crippen LogP contribution in [0.4, 0.5) is 0 Å². The first-order valence-corrected chi connectivity index (χ1v) is 7.35. The van der Waals surface area contributed by atoms with Crippen LogP contribution in [0.15, 0.2) is 0 Å². The average Bonchev–Trinajstić information content (AvgIpc) is 1.96. The Bertz CT molecular complexity index is 74.0. The zero-order valence-electron chi connectivity index (χ0n) is 8.15. The van der Waals surface area contributed by atoms with Crippen molar-refractivity contribution in [1.82, 2.24) is 0 Å². The second-order valence-electron chi connectivity index (χ2n) is 3.28. The fourth-order valence-electron chi connectivity index (χ4n) is 0.876. The molecule has 1 nitrogen and oxygen atoms in total. The predicted octanol–water partition coefficient (Wildman–Crippen LogP) is 2.95. The standard InChI is InChI=1S/C9H21OSi/c1-4-5-7-10-8-6-9-11(2)3/h4-9H2,1-3H3. The van der Waals surface area contributed by atoms with Gasteiger partial charge in [-0.3, -0.25) is 0 Å². The Morgan fingerprint density at radius 1 is 1.09 bits per heavy atom. The van der Waals surface area contributed by atoms with Gasteiger partial charge in [0.2, 0.25) is 0 Å². The molecule has 0 bridgehead atoms.